The zero-order chi connectivity index (χ0) is 18.9. The standard InChI is InChI=1S/C18H25N3O5/c1-3-25-18(24)21-10-8-20(9-11-21)17(23)12-19-16(22)13-26-15-6-4-14(2)5-7-15/h4-7H,3,8-13H2,1-2H3,(H,19,22). The Hall–Kier alpha value is -2.77. The van der Waals surface area contributed by atoms with Gasteiger partial charge in [0.25, 0.3) is 5.91 Å². The fourth-order valence-corrected chi connectivity index (χ4v) is 2.47. The van der Waals surface area contributed by atoms with E-state index in [-0.39, 0.29) is 31.1 Å². The van der Waals surface area contributed by atoms with E-state index < -0.39 is 0 Å². The normalized spacial score (nSPS) is 13.9. The number of amides is 3. The second-order valence-corrected chi connectivity index (χ2v) is 5.95. The molecule has 1 fully saturated rings. The molecule has 8 nitrogen and oxygen atoms in total. The number of aryl methyl sites for hydroxylation is 1. The van der Waals surface area contributed by atoms with Crippen molar-refractivity contribution in [1.29, 1.82) is 0 Å². The summed E-state index contributed by atoms with van der Waals surface area (Å²) < 4.78 is 10.3. The highest BCUT2D eigenvalue weighted by atomic mass is 16.6. The number of hydrogen-bond acceptors (Lipinski definition) is 5. The molecule has 0 spiro atoms. The van der Waals surface area contributed by atoms with Crippen molar-refractivity contribution >= 4 is 17.9 Å². The summed E-state index contributed by atoms with van der Waals surface area (Å²) in [5.74, 6) is 0.0634. The van der Waals surface area contributed by atoms with Crippen molar-refractivity contribution in [2.45, 2.75) is 13.8 Å². The quantitative estimate of drug-likeness (QED) is 0.807. The number of benzene rings is 1. The van der Waals surface area contributed by atoms with E-state index in [9.17, 15) is 14.4 Å². The van der Waals surface area contributed by atoms with Crippen LogP contribution in [0.15, 0.2) is 24.3 Å². The highest BCUT2D eigenvalue weighted by molar-refractivity contribution is 5.85. The van der Waals surface area contributed by atoms with Gasteiger partial charge >= 0.3 is 6.09 Å². The van der Waals surface area contributed by atoms with Crippen LogP contribution in [0.3, 0.4) is 0 Å². The number of carbonyl (C=O) groups is 3. The van der Waals surface area contributed by atoms with Gasteiger partial charge in [0.1, 0.15) is 5.75 Å². The minimum absolute atomic E-state index is 0.0878. The van der Waals surface area contributed by atoms with Gasteiger partial charge in [0.15, 0.2) is 6.61 Å². The summed E-state index contributed by atoms with van der Waals surface area (Å²) in [6, 6.07) is 7.37. The van der Waals surface area contributed by atoms with Crippen molar-refractivity contribution in [3.63, 3.8) is 0 Å². The SMILES string of the molecule is CCOC(=O)N1CCN(C(=O)CNC(=O)COc2ccc(C)cc2)CC1. The van der Waals surface area contributed by atoms with Crippen molar-refractivity contribution in [2.24, 2.45) is 0 Å². The van der Waals surface area contributed by atoms with Gasteiger partial charge in [0, 0.05) is 26.2 Å². The van der Waals surface area contributed by atoms with E-state index in [1.807, 2.05) is 19.1 Å². The van der Waals surface area contributed by atoms with E-state index in [1.54, 1.807) is 28.9 Å². The Kier molecular flexibility index (Phi) is 7.25. The zero-order valence-corrected chi connectivity index (χ0v) is 15.2. The van der Waals surface area contributed by atoms with E-state index in [0.717, 1.165) is 5.56 Å². The van der Waals surface area contributed by atoms with E-state index >= 15 is 0 Å². The summed E-state index contributed by atoms with van der Waals surface area (Å²) in [6.45, 7) is 5.51. The molecule has 0 atom stereocenters. The maximum Gasteiger partial charge on any atom is 0.409 e. The number of nitrogens with zero attached hydrogens (tertiary/aromatic N) is 2. The minimum Gasteiger partial charge on any atom is -0.484 e. The smallest absolute Gasteiger partial charge is 0.409 e. The molecule has 26 heavy (non-hydrogen) atoms. The van der Waals surface area contributed by atoms with Crippen molar-refractivity contribution in [3.8, 4) is 5.75 Å². The first-order chi connectivity index (χ1) is 12.5. The van der Waals surface area contributed by atoms with E-state index in [2.05, 4.69) is 5.32 Å². The van der Waals surface area contributed by atoms with Crippen molar-refractivity contribution in [2.75, 3.05) is 45.9 Å². The average Bonchev–Trinajstić information content (AvgIpc) is 2.66. The molecule has 1 heterocycles. The molecular formula is C18H25N3O5. The van der Waals surface area contributed by atoms with E-state index in [4.69, 9.17) is 9.47 Å². The van der Waals surface area contributed by atoms with Gasteiger partial charge in [0.2, 0.25) is 5.91 Å². The van der Waals surface area contributed by atoms with Crippen LogP contribution in [-0.2, 0) is 14.3 Å². The van der Waals surface area contributed by atoms with Crippen LogP contribution in [0.4, 0.5) is 4.79 Å². The summed E-state index contributed by atoms with van der Waals surface area (Å²) in [5.41, 5.74) is 1.11. The van der Waals surface area contributed by atoms with Gasteiger partial charge in [-0.3, -0.25) is 9.59 Å². The van der Waals surface area contributed by atoms with Crippen LogP contribution in [0.5, 0.6) is 5.75 Å². The van der Waals surface area contributed by atoms with Crippen molar-refractivity contribution in [1.82, 2.24) is 15.1 Å². The summed E-state index contributed by atoms with van der Waals surface area (Å²) in [4.78, 5) is 38.8. The number of piperazine rings is 1. The summed E-state index contributed by atoms with van der Waals surface area (Å²) >= 11 is 0. The molecular weight excluding hydrogens is 338 g/mol. The Morgan fingerprint density at radius 1 is 1.04 bits per heavy atom. The Morgan fingerprint density at radius 2 is 1.65 bits per heavy atom. The Labute approximate surface area is 153 Å². The largest absolute Gasteiger partial charge is 0.484 e. The summed E-state index contributed by atoms with van der Waals surface area (Å²) in [6.07, 6.45) is -0.360. The van der Waals surface area contributed by atoms with Gasteiger partial charge < -0.3 is 24.6 Å². The third-order valence-corrected chi connectivity index (χ3v) is 3.99. The first-order valence-electron chi connectivity index (χ1n) is 8.65. The van der Waals surface area contributed by atoms with Crippen LogP contribution in [0.1, 0.15) is 12.5 Å². The molecule has 142 valence electrons. The van der Waals surface area contributed by atoms with Crippen molar-refractivity contribution < 1.29 is 23.9 Å². The second-order valence-electron chi connectivity index (χ2n) is 5.95. The first kappa shape index (κ1) is 19.6. The molecule has 0 saturated carbocycles. The first-order valence-corrected chi connectivity index (χ1v) is 8.65. The predicted molar refractivity (Wildman–Crippen MR) is 94.9 cm³/mol. The number of hydrogen-bond donors (Lipinski definition) is 1. The third-order valence-electron chi connectivity index (χ3n) is 3.99. The minimum atomic E-state index is -0.360. The lowest BCUT2D eigenvalue weighted by atomic mass is 10.2. The Morgan fingerprint density at radius 3 is 2.27 bits per heavy atom. The number of nitrogens with one attached hydrogen (secondary N) is 1. The molecule has 1 aliphatic heterocycles. The highest BCUT2D eigenvalue weighted by Gasteiger charge is 2.24. The third kappa shape index (κ3) is 5.94. The van der Waals surface area contributed by atoms with Crippen LogP contribution in [0.2, 0.25) is 0 Å². The molecule has 2 rings (SSSR count). The topological polar surface area (TPSA) is 88.2 Å². The maximum absolute atomic E-state index is 12.2. The van der Waals surface area contributed by atoms with E-state index in [1.165, 1.54) is 0 Å². The molecule has 1 saturated heterocycles. The van der Waals surface area contributed by atoms with Gasteiger partial charge in [-0.15, -0.1) is 0 Å². The summed E-state index contributed by atoms with van der Waals surface area (Å²) in [5, 5.41) is 2.56. The number of ether oxygens (including phenoxy) is 2. The van der Waals surface area contributed by atoms with Crippen LogP contribution in [0, 0.1) is 6.92 Å². The van der Waals surface area contributed by atoms with Gasteiger partial charge in [-0.1, -0.05) is 17.7 Å². The van der Waals surface area contributed by atoms with Crippen molar-refractivity contribution in [3.05, 3.63) is 29.8 Å². The Bertz CT molecular complexity index is 624. The fraction of sp³-hybridized carbons (Fsp3) is 0.500. The maximum atomic E-state index is 12.2. The number of carbonyl (C=O) groups excluding carboxylic acids is 3. The lowest BCUT2D eigenvalue weighted by Gasteiger charge is -2.34. The molecule has 0 bridgehead atoms. The average molecular weight is 363 g/mol. The fourth-order valence-electron chi connectivity index (χ4n) is 2.47. The second kappa shape index (κ2) is 9.65. The molecule has 1 N–H and O–H groups in total. The molecule has 0 radical (unpaired) electrons. The van der Waals surface area contributed by atoms with Gasteiger partial charge in [-0.2, -0.15) is 0 Å². The predicted octanol–water partition coefficient (Wildman–Crippen LogP) is 0.791. The van der Waals surface area contributed by atoms with Gasteiger partial charge in [0.05, 0.1) is 13.2 Å². The lowest BCUT2D eigenvalue weighted by Crippen LogP contribution is -2.52. The summed E-state index contributed by atoms with van der Waals surface area (Å²) in [7, 11) is 0. The molecule has 1 aromatic rings. The molecule has 1 aromatic carbocycles. The molecule has 8 heteroatoms. The van der Waals surface area contributed by atoms with Gasteiger partial charge in [-0.05, 0) is 26.0 Å². The van der Waals surface area contributed by atoms with Crippen LogP contribution in [-0.4, -0.2) is 73.6 Å². The molecule has 3 amide bonds. The van der Waals surface area contributed by atoms with E-state index in [0.29, 0.717) is 38.5 Å². The zero-order valence-electron chi connectivity index (χ0n) is 15.2. The number of rotatable bonds is 6. The lowest BCUT2D eigenvalue weighted by molar-refractivity contribution is -0.134. The monoisotopic (exact) mass is 363 g/mol. The molecule has 1 aliphatic rings. The molecule has 0 unspecified atom stereocenters. The highest BCUT2D eigenvalue weighted by Crippen LogP contribution is 2.11. The molecule has 0 aliphatic carbocycles. The van der Waals surface area contributed by atoms with Gasteiger partial charge in [-0.25, -0.2) is 4.79 Å². The van der Waals surface area contributed by atoms with Crippen LogP contribution in [0.25, 0.3) is 0 Å². The van der Waals surface area contributed by atoms with Crippen LogP contribution >= 0.6 is 0 Å². The molecule has 0 aromatic heterocycles. The Balaban J connectivity index is 1.66. The van der Waals surface area contributed by atoms with Crippen LogP contribution < -0.4 is 10.1 Å².